The summed E-state index contributed by atoms with van der Waals surface area (Å²) in [5.41, 5.74) is 4.90. The standard InChI is InChI=1S/C22H23OP/c1-16-14-17(2)21(18(3)15-16)22(23)24(19-10-6-4-7-11-19)20-12-8-5-9-13-20/h4-12,14-15,20H,13H2,1-3H3. The Morgan fingerprint density at radius 1 is 1.00 bits per heavy atom. The molecule has 0 fully saturated rings. The second-order valence-electron chi connectivity index (χ2n) is 6.40. The van der Waals surface area contributed by atoms with Crippen LogP contribution in [0.15, 0.2) is 66.8 Å². The van der Waals surface area contributed by atoms with Gasteiger partial charge in [0.25, 0.3) is 0 Å². The highest BCUT2D eigenvalue weighted by Crippen LogP contribution is 2.47. The Balaban J connectivity index is 2.07. The molecule has 122 valence electrons. The van der Waals surface area contributed by atoms with Gasteiger partial charge in [-0.05, 0) is 43.6 Å². The van der Waals surface area contributed by atoms with Gasteiger partial charge in [0.2, 0.25) is 0 Å². The fourth-order valence-corrected chi connectivity index (χ4v) is 6.05. The first kappa shape index (κ1) is 16.9. The molecule has 1 aliphatic carbocycles. The molecule has 0 heterocycles. The van der Waals surface area contributed by atoms with E-state index in [1.54, 1.807) is 0 Å². The average Bonchev–Trinajstić information content (AvgIpc) is 2.56. The molecule has 0 saturated carbocycles. The van der Waals surface area contributed by atoms with Gasteiger partial charge in [-0.15, -0.1) is 0 Å². The van der Waals surface area contributed by atoms with Crippen LogP contribution in [0.25, 0.3) is 0 Å². The van der Waals surface area contributed by atoms with Gasteiger partial charge in [0.05, 0.1) is 0 Å². The van der Waals surface area contributed by atoms with Crippen LogP contribution >= 0.6 is 7.92 Å². The average molecular weight is 334 g/mol. The van der Waals surface area contributed by atoms with Crippen LogP contribution in [0.5, 0.6) is 0 Å². The van der Waals surface area contributed by atoms with Crippen molar-refractivity contribution in [1.82, 2.24) is 0 Å². The van der Waals surface area contributed by atoms with E-state index in [0.717, 1.165) is 23.1 Å². The molecular weight excluding hydrogens is 311 g/mol. The van der Waals surface area contributed by atoms with Gasteiger partial charge in [-0.2, -0.15) is 0 Å². The maximum Gasteiger partial charge on any atom is 0.189 e. The summed E-state index contributed by atoms with van der Waals surface area (Å²) in [5.74, 6) is 0. The molecule has 1 nitrogen and oxygen atoms in total. The Morgan fingerprint density at radius 3 is 2.25 bits per heavy atom. The Kier molecular flexibility index (Phi) is 5.11. The van der Waals surface area contributed by atoms with E-state index in [2.05, 4.69) is 69.3 Å². The van der Waals surface area contributed by atoms with Crippen molar-refractivity contribution in [1.29, 1.82) is 0 Å². The van der Waals surface area contributed by atoms with Crippen molar-refractivity contribution in [2.45, 2.75) is 32.9 Å². The number of carbonyl (C=O) groups is 1. The SMILES string of the molecule is Cc1cc(C)c(C(=O)P(c2ccccc2)C2C=CC=CC2)c(C)c1. The van der Waals surface area contributed by atoms with Crippen LogP contribution < -0.4 is 5.30 Å². The van der Waals surface area contributed by atoms with Crippen LogP contribution in [0, 0.1) is 20.8 Å². The summed E-state index contributed by atoms with van der Waals surface area (Å²) in [6.45, 7) is 6.20. The monoisotopic (exact) mass is 334 g/mol. The highest BCUT2D eigenvalue weighted by Gasteiger charge is 2.30. The summed E-state index contributed by atoms with van der Waals surface area (Å²) in [6, 6.07) is 14.5. The first-order valence-corrected chi connectivity index (χ1v) is 9.79. The van der Waals surface area contributed by atoms with Crippen molar-refractivity contribution < 1.29 is 4.79 Å². The molecule has 0 radical (unpaired) electrons. The molecular formula is C22H23OP. The van der Waals surface area contributed by atoms with E-state index in [1.807, 2.05) is 18.2 Å². The summed E-state index contributed by atoms with van der Waals surface area (Å²) in [4.78, 5) is 13.6. The molecule has 0 amide bonds. The van der Waals surface area contributed by atoms with Gasteiger partial charge in [0.15, 0.2) is 5.52 Å². The predicted molar refractivity (Wildman–Crippen MR) is 105 cm³/mol. The molecule has 0 bridgehead atoms. The van der Waals surface area contributed by atoms with Gasteiger partial charge in [-0.1, -0.05) is 72.3 Å². The predicted octanol–water partition coefficient (Wildman–Crippen LogP) is 5.44. The van der Waals surface area contributed by atoms with E-state index in [1.165, 1.54) is 10.9 Å². The van der Waals surface area contributed by atoms with Crippen LogP contribution in [-0.2, 0) is 0 Å². The quantitative estimate of drug-likeness (QED) is 0.680. The van der Waals surface area contributed by atoms with Gasteiger partial charge in [-0.3, -0.25) is 4.79 Å². The number of rotatable bonds is 4. The molecule has 2 heteroatoms. The molecule has 0 N–H and O–H groups in total. The Hall–Kier alpha value is -1.98. The highest BCUT2D eigenvalue weighted by molar-refractivity contribution is 7.82. The van der Waals surface area contributed by atoms with Crippen molar-refractivity contribution in [3.05, 3.63) is 89.0 Å². The molecule has 2 atom stereocenters. The Morgan fingerprint density at radius 2 is 1.67 bits per heavy atom. The molecule has 2 unspecified atom stereocenters. The molecule has 0 saturated heterocycles. The first-order valence-electron chi connectivity index (χ1n) is 8.37. The summed E-state index contributed by atoms with van der Waals surface area (Å²) in [7, 11) is -0.930. The number of allylic oxidation sites excluding steroid dienone is 4. The lowest BCUT2D eigenvalue weighted by Gasteiger charge is -2.26. The van der Waals surface area contributed by atoms with Gasteiger partial charge in [0.1, 0.15) is 0 Å². The van der Waals surface area contributed by atoms with E-state index in [9.17, 15) is 4.79 Å². The van der Waals surface area contributed by atoms with Gasteiger partial charge >= 0.3 is 0 Å². The van der Waals surface area contributed by atoms with Gasteiger partial charge in [0, 0.05) is 19.1 Å². The fraction of sp³-hybridized carbons (Fsp3) is 0.227. The van der Waals surface area contributed by atoms with Gasteiger partial charge in [-0.25, -0.2) is 0 Å². The minimum absolute atomic E-state index is 0.278. The van der Waals surface area contributed by atoms with Crippen molar-refractivity contribution in [2.75, 3.05) is 0 Å². The minimum atomic E-state index is -0.930. The van der Waals surface area contributed by atoms with E-state index < -0.39 is 7.92 Å². The second-order valence-corrected chi connectivity index (χ2v) is 8.73. The van der Waals surface area contributed by atoms with Crippen LogP contribution in [0.1, 0.15) is 33.5 Å². The minimum Gasteiger partial charge on any atom is -0.289 e. The van der Waals surface area contributed by atoms with Crippen LogP contribution in [0.4, 0.5) is 0 Å². The van der Waals surface area contributed by atoms with Crippen molar-refractivity contribution >= 4 is 18.8 Å². The van der Waals surface area contributed by atoms with E-state index >= 15 is 0 Å². The lowest BCUT2D eigenvalue weighted by atomic mass is 10.0. The number of benzene rings is 2. The zero-order valence-electron chi connectivity index (χ0n) is 14.5. The summed E-state index contributed by atoms with van der Waals surface area (Å²) in [5, 5.41) is 1.17. The molecule has 24 heavy (non-hydrogen) atoms. The largest absolute Gasteiger partial charge is 0.289 e. The number of carbonyl (C=O) groups excluding carboxylic acids is 1. The maximum atomic E-state index is 13.6. The van der Waals surface area contributed by atoms with Gasteiger partial charge < -0.3 is 0 Å². The first-order chi connectivity index (χ1) is 11.6. The van der Waals surface area contributed by atoms with E-state index in [4.69, 9.17) is 0 Å². The number of hydrogen-bond acceptors (Lipinski definition) is 1. The third kappa shape index (κ3) is 3.42. The van der Waals surface area contributed by atoms with Crippen LogP contribution in [0.2, 0.25) is 0 Å². The third-order valence-electron chi connectivity index (χ3n) is 4.43. The molecule has 1 aliphatic rings. The van der Waals surface area contributed by atoms with E-state index in [-0.39, 0.29) is 5.66 Å². The zero-order chi connectivity index (χ0) is 17.1. The number of hydrogen-bond donors (Lipinski definition) is 0. The summed E-state index contributed by atoms with van der Waals surface area (Å²) in [6.07, 6.45) is 9.46. The number of aryl methyl sites for hydroxylation is 3. The van der Waals surface area contributed by atoms with Crippen molar-refractivity contribution in [2.24, 2.45) is 0 Å². The normalized spacial score (nSPS) is 17.7. The van der Waals surface area contributed by atoms with Crippen LogP contribution in [0.3, 0.4) is 0 Å². The Bertz CT molecular complexity index is 779. The summed E-state index contributed by atoms with van der Waals surface area (Å²) >= 11 is 0. The fourth-order valence-electron chi connectivity index (χ4n) is 3.44. The smallest absolute Gasteiger partial charge is 0.189 e. The molecule has 2 aromatic rings. The molecule has 0 aromatic heterocycles. The lowest BCUT2D eigenvalue weighted by Crippen LogP contribution is -2.20. The molecule has 2 aromatic carbocycles. The lowest BCUT2D eigenvalue weighted by molar-refractivity contribution is 0.108. The Labute approximate surface area is 145 Å². The molecule has 3 rings (SSSR count). The van der Waals surface area contributed by atoms with E-state index in [0.29, 0.717) is 5.52 Å². The zero-order valence-corrected chi connectivity index (χ0v) is 15.4. The van der Waals surface area contributed by atoms with Crippen molar-refractivity contribution in [3.8, 4) is 0 Å². The second kappa shape index (κ2) is 7.28. The topological polar surface area (TPSA) is 17.1 Å². The van der Waals surface area contributed by atoms with Crippen molar-refractivity contribution in [3.63, 3.8) is 0 Å². The molecule has 0 aliphatic heterocycles. The summed E-state index contributed by atoms with van der Waals surface area (Å²) < 4.78 is 0. The molecule has 0 spiro atoms. The maximum absolute atomic E-state index is 13.6. The highest BCUT2D eigenvalue weighted by atomic mass is 31.1. The third-order valence-corrected chi connectivity index (χ3v) is 7.00. The van der Waals surface area contributed by atoms with Crippen LogP contribution in [-0.4, -0.2) is 11.2 Å².